The Balaban J connectivity index is 2.22. The van der Waals surface area contributed by atoms with E-state index >= 15 is 0 Å². The Kier molecular flexibility index (Phi) is 3.69. The SMILES string of the molecule is C=C1C(=O)O[C@@H]2C[C@H](C)C(=O)C/C=C(/C)CC[C@H]12. The fraction of sp³-hybridized carbons (Fsp3) is 0.600. The molecule has 0 amide bonds. The zero-order chi connectivity index (χ0) is 13.3. The highest BCUT2D eigenvalue weighted by Gasteiger charge is 2.39. The first-order valence-corrected chi connectivity index (χ1v) is 6.57. The average Bonchev–Trinajstić information content (AvgIpc) is 2.59. The van der Waals surface area contributed by atoms with Crippen LogP contribution in [0.5, 0.6) is 0 Å². The highest BCUT2D eigenvalue weighted by molar-refractivity contribution is 5.91. The van der Waals surface area contributed by atoms with E-state index in [4.69, 9.17) is 4.74 Å². The number of fused-ring (bicyclic) bond motifs is 1. The van der Waals surface area contributed by atoms with Gasteiger partial charge in [-0.3, -0.25) is 4.79 Å². The first-order chi connectivity index (χ1) is 8.49. The molecule has 0 aromatic carbocycles. The van der Waals surface area contributed by atoms with Crippen LogP contribution < -0.4 is 0 Å². The second kappa shape index (κ2) is 5.09. The Bertz CT molecular complexity index is 419. The molecule has 3 heteroatoms. The molecule has 0 saturated carbocycles. The van der Waals surface area contributed by atoms with Gasteiger partial charge >= 0.3 is 5.97 Å². The summed E-state index contributed by atoms with van der Waals surface area (Å²) in [6.07, 6.45) is 4.77. The third-order valence-electron chi connectivity index (χ3n) is 4.05. The molecule has 0 N–H and O–H groups in total. The van der Waals surface area contributed by atoms with Gasteiger partial charge in [-0.25, -0.2) is 4.79 Å². The molecule has 0 aromatic rings. The van der Waals surface area contributed by atoms with Crippen molar-refractivity contribution in [3.63, 3.8) is 0 Å². The molecule has 1 fully saturated rings. The van der Waals surface area contributed by atoms with Crippen molar-refractivity contribution in [3.8, 4) is 0 Å². The van der Waals surface area contributed by atoms with Crippen LogP contribution in [0.1, 0.15) is 39.5 Å². The molecule has 1 aliphatic carbocycles. The van der Waals surface area contributed by atoms with Gasteiger partial charge in [-0.2, -0.15) is 0 Å². The lowest BCUT2D eigenvalue weighted by Crippen LogP contribution is -2.24. The van der Waals surface area contributed by atoms with Crippen LogP contribution in [-0.2, 0) is 14.3 Å². The number of ketones is 1. The molecular weight excluding hydrogens is 228 g/mol. The summed E-state index contributed by atoms with van der Waals surface area (Å²) in [5.41, 5.74) is 1.79. The normalized spacial score (nSPS) is 36.7. The molecule has 1 aliphatic heterocycles. The zero-order valence-corrected chi connectivity index (χ0v) is 11.1. The van der Waals surface area contributed by atoms with Crippen LogP contribution in [0.4, 0.5) is 0 Å². The quantitative estimate of drug-likeness (QED) is 0.376. The Morgan fingerprint density at radius 3 is 2.83 bits per heavy atom. The van der Waals surface area contributed by atoms with E-state index < -0.39 is 0 Å². The van der Waals surface area contributed by atoms with Gasteiger partial charge in [-0.05, 0) is 26.2 Å². The standard InChI is InChI=1S/C15H20O3/c1-9-4-6-12-11(3)15(17)18-14(12)8-10(2)13(16)7-5-9/h5,10,12,14H,3-4,6-8H2,1-2H3/b9-5-/t10-,12+,14+/m0/s1. The second-order valence-electron chi connectivity index (χ2n) is 5.47. The fourth-order valence-corrected chi connectivity index (χ4v) is 2.68. The van der Waals surface area contributed by atoms with E-state index in [1.165, 1.54) is 5.57 Å². The topological polar surface area (TPSA) is 43.4 Å². The van der Waals surface area contributed by atoms with E-state index in [9.17, 15) is 9.59 Å². The summed E-state index contributed by atoms with van der Waals surface area (Å²) in [6, 6.07) is 0. The minimum Gasteiger partial charge on any atom is -0.458 e. The molecule has 18 heavy (non-hydrogen) atoms. The first kappa shape index (κ1) is 13.1. The lowest BCUT2D eigenvalue weighted by atomic mass is 9.83. The molecule has 2 rings (SSSR count). The first-order valence-electron chi connectivity index (χ1n) is 6.57. The summed E-state index contributed by atoms with van der Waals surface area (Å²) in [5.74, 6) is -0.0401. The minimum absolute atomic E-state index is 0.0571. The van der Waals surface area contributed by atoms with Crippen molar-refractivity contribution in [2.24, 2.45) is 11.8 Å². The highest BCUT2D eigenvalue weighted by atomic mass is 16.6. The summed E-state index contributed by atoms with van der Waals surface area (Å²) < 4.78 is 5.35. The molecule has 0 radical (unpaired) electrons. The Hall–Kier alpha value is -1.38. The fourth-order valence-electron chi connectivity index (χ4n) is 2.68. The van der Waals surface area contributed by atoms with Crippen LogP contribution in [-0.4, -0.2) is 17.9 Å². The number of allylic oxidation sites excluding steroid dienone is 2. The van der Waals surface area contributed by atoms with Crippen LogP contribution >= 0.6 is 0 Å². The molecule has 0 spiro atoms. The van der Waals surface area contributed by atoms with Gasteiger partial charge in [0.05, 0.1) is 0 Å². The van der Waals surface area contributed by atoms with E-state index in [1.54, 1.807) is 0 Å². The Labute approximate surface area is 108 Å². The van der Waals surface area contributed by atoms with Crippen LogP contribution in [0.25, 0.3) is 0 Å². The van der Waals surface area contributed by atoms with Crippen molar-refractivity contribution in [3.05, 3.63) is 23.8 Å². The number of hydrogen-bond donors (Lipinski definition) is 0. The summed E-state index contributed by atoms with van der Waals surface area (Å²) in [4.78, 5) is 23.5. The van der Waals surface area contributed by atoms with Gasteiger partial charge in [0.2, 0.25) is 0 Å². The lowest BCUT2D eigenvalue weighted by Gasteiger charge is -2.22. The number of esters is 1. The van der Waals surface area contributed by atoms with Gasteiger partial charge in [0.1, 0.15) is 11.9 Å². The maximum atomic E-state index is 11.9. The van der Waals surface area contributed by atoms with Gasteiger partial charge in [0.25, 0.3) is 0 Å². The van der Waals surface area contributed by atoms with E-state index in [1.807, 2.05) is 19.9 Å². The van der Waals surface area contributed by atoms with Gasteiger partial charge < -0.3 is 4.74 Å². The summed E-state index contributed by atoms with van der Waals surface area (Å²) >= 11 is 0. The number of rotatable bonds is 0. The Morgan fingerprint density at radius 1 is 1.39 bits per heavy atom. The third kappa shape index (κ3) is 2.55. The van der Waals surface area contributed by atoms with Crippen LogP contribution in [0.2, 0.25) is 0 Å². The van der Waals surface area contributed by atoms with Gasteiger partial charge in [-0.1, -0.05) is 25.2 Å². The monoisotopic (exact) mass is 248 g/mol. The highest BCUT2D eigenvalue weighted by Crippen LogP contribution is 2.35. The van der Waals surface area contributed by atoms with Crippen LogP contribution in [0, 0.1) is 11.8 Å². The molecule has 0 bridgehead atoms. The number of hydrogen-bond acceptors (Lipinski definition) is 3. The smallest absolute Gasteiger partial charge is 0.334 e. The summed E-state index contributed by atoms with van der Waals surface area (Å²) in [7, 11) is 0. The predicted octanol–water partition coefficient (Wildman–Crippen LogP) is 2.81. The zero-order valence-electron chi connectivity index (χ0n) is 11.1. The Morgan fingerprint density at radius 2 is 2.11 bits per heavy atom. The van der Waals surface area contributed by atoms with Crippen molar-refractivity contribution in [1.29, 1.82) is 0 Å². The number of ether oxygens (including phenoxy) is 1. The largest absolute Gasteiger partial charge is 0.458 e. The summed E-state index contributed by atoms with van der Waals surface area (Å²) in [6.45, 7) is 7.79. The molecule has 3 atom stereocenters. The maximum absolute atomic E-state index is 11.9. The molecule has 0 unspecified atom stereocenters. The van der Waals surface area contributed by atoms with Gasteiger partial charge in [-0.15, -0.1) is 0 Å². The van der Waals surface area contributed by atoms with E-state index in [0.29, 0.717) is 18.4 Å². The van der Waals surface area contributed by atoms with Crippen molar-refractivity contribution in [2.75, 3.05) is 0 Å². The van der Waals surface area contributed by atoms with Crippen molar-refractivity contribution >= 4 is 11.8 Å². The van der Waals surface area contributed by atoms with Crippen LogP contribution in [0.3, 0.4) is 0 Å². The van der Waals surface area contributed by atoms with Gasteiger partial charge in [0, 0.05) is 23.8 Å². The van der Waals surface area contributed by atoms with E-state index in [-0.39, 0.29) is 29.7 Å². The number of carbonyl (C=O) groups is 2. The van der Waals surface area contributed by atoms with E-state index in [0.717, 1.165) is 12.8 Å². The van der Waals surface area contributed by atoms with Crippen molar-refractivity contribution in [2.45, 2.75) is 45.6 Å². The number of carbonyl (C=O) groups excluding carboxylic acids is 2. The predicted molar refractivity (Wildman–Crippen MR) is 68.9 cm³/mol. The van der Waals surface area contributed by atoms with Gasteiger partial charge in [0.15, 0.2) is 0 Å². The summed E-state index contributed by atoms with van der Waals surface area (Å²) in [5, 5.41) is 0. The maximum Gasteiger partial charge on any atom is 0.334 e. The lowest BCUT2D eigenvalue weighted by molar-refractivity contribution is -0.140. The molecule has 1 saturated heterocycles. The molecule has 2 aliphatic rings. The van der Waals surface area contributed by atoms with Crippen molar-refractivity contribution < 1.29 is 14.3 Å². The molecule has 98 valence electrons. The molecule has 1 heterocycles. The average molecular weight is 248 g/mol. The second-order valence-corrected chi connectivity index (χ2v) is 5.47. The molecule has 3 nitrogen and oxygen atoms in total. The minimum atomic E-state index is -0.287. The van der Waals surface area contributed by atoms with Crippen molar-refractivity contribution in [1.82, 2.24) is 0 Å². The third-order valence-corrected chi connectivity index (χ3v) is 4.05. The molecule has 0 aromatic heterocycles. The van der Waals surface area contributed by atoms with Crippen LogP contribution in [0.15, 0.2) is 23.8 Å². The molecular formula is C15H20O3. The number of Topliss-reactive ketones (excluding diaryl/α,β-unsaturated/α-hetero) is 1. The van der Waals surface area contributed by atoms with E-state index in [2.05, 4.69) is 6.58 Å².